The molecule has 1 N–H and O–H groups in total. The number of hydrogen-bond acceptors (Lipinski definition) is 3. The molecule has 1 aromatic carbocycles. The number of ether oxygens (including phenoxy) is 2. The van der Waals surface area contributed by atoms with Crippen LogP contribution >= 0.6 is 0 Å². The minimum atomic E-state index is -0.941. The smallest absolute Gasteiger partial charge is 0.328 e. The highest BCUT2D eigenvalue weighted by atomic mass is 16.5. The van der Waals surface area contributed by atoms with Crippen molar-refractivity contribution >= 4 is 12.0 Å². The average Bonchev–Trinajstić information content (AvgIpc) is 2.57. The van der Waals surface area contributed by atoms with E-state index in [1.165, 1.54) is 6.08 Å². The van der Waals surface area contributed by atoms with Crippen molar-refractivity contribution in [3.05, 3.63) is 63.8 Å². The Morgan fingerprint density at radius 3 is 2.64 bits per heavy atom. The molecular weight excluding hydrogens is 316 g/mol. The number of methoxy groups -OCH3 is 1. The maximum atomic E-state index is 10.6. The molecule has 1 heterocycles. The summed E-state index contributed by atoms with van der Waals surface area (Å²) in [4.78, 5) is 10.6. The lowest BCUT2D eigenvalue weighted by Gasteiger charge is -2.22. The zero-order chi connectivity index (χ0) is 18.6. The third-order valence-corrected chi connectivity index (χ3v) is 4.35. The van der Waals surface area contributed by atoms with Crippen molar-refractivity contribution < 1.29 is 19.4 Å². The third kappa shape index (κ3) is 4.41. The number of aliphatic carboxylic acids is 1. The molecule has 0 fully saturated rings. The Bertz CT molecular complexity index is 808. The van der Waals surface area contributed by atoms with Crippen LogP contribution < -0.4 is 9.47 Å². The van der Waals surface area contributed by atoms with Crippen molar-refractivity contribution in [2.75, 3.05) is 13.7 Å². The van der Waals surface area contributed by atoms with Crippen LogP contribution in [0.2, 0.25) is 0 Å². The molecular formula is C21H24O4. The molecule has 0 spiro atoms. The predicted octanol–water partition coefficient (Wildman–Crippen LogP) is 4.62. The summed E-state index contributed by atoms with van der Waals surface area (Å²) in [6, 6.07) is 1.93. The second-order valence-corrected chi connectivity index (χ2v) is 6.13. The van der Waals surface area contributed by atoms with Gasteiger partial charge >= 0.3 is 5.97 Å². The normalized spacial score (nSPS) is 14.8. The van der Waals surface area contributed by atoms with Gasteiger partial charge in [0.05, 0.1) is 7.11 Å². The second kappa shape index (κ2) is 7.88. The first-order chi connectivity index (χ1) is 11.8. The number of fused-ring (bicyclic) bond motifs is 1. The van der Waals surface area contributed by atoms with Crippen LogP contribution in [-0.2, 0) is 4.79 Å². The summed E-state index contributed by atoms with van der Waals surface area (Å²) in [6.07, 6.45) is 8.92. The summed E-state index contributed by atoms with van der Waals surface area (Å²) in [5.74, 6) is 0.736. The van der Waals surface area contributed by atoms with E-state index < -0.39 is 5.97 Å². The van der Waals surface area contributed by atoms with E-state index in [-0.39, 0.29) is 0 Å². The number of carboxylic acids is 1. The molecule has 0 aromatic heterocycles. The predicted molar refractivity (Wildman–Crippen MR) is 100 cm³/mol. The summed E-state index contributed by atoms with van der Waals surface area (Å²) < 4.78 is 11.3. The van der Waals surface area contributed by atoms with Crippen LogP contribution in [-0.4, -0.2) is 24.8 Å². The Balaban J connectivity index is 2.29. The second-order valence-electron chi connectivity index (χ2n) is 6.13. The van der Waals surface area contributed by atoms with Crippen molar-refractivity contribution in [3.8, 4) is 11.5 Å². The van der Waals surface area contributed by atoms with Gasteiger partial charge in [-0.05, 0) is 61.6 Å². The van der Waals surface area contributed by atoms with E-state index in [1.807, 2.05) is 32.1 Å². The van der Waals surface area contributed by atoms with Crippen LogP contribution in [0.15, 0.2) is 47.1 Å². The Labute approximate surface area is 148 Å². The topological polar surface area (TPSA) is 55.8 Å². The first-order valence-corrected chi connectivity index (χ1v) is 8.11. The summed E-state index contributed by atoms with van der Waals surface area (Å²) in [5.41, 5.74) is 6.21. The highest BCUT2D eigenvalue weighted by Crippen LogP contribution is 2.37. The zero-order valence-electron chi connectivity index (χ0n) is 15.3. The van der Waals surface area contributed by atoms with Gasteiger partial charge in [-0.2, -0.15) is 0 Å². The van der Waals surface area contributed by atoms with E-state index in [0.29, 0.717) is 12.2 Å². The van der Waals surface area contributed by atoms with Crippen molar-refractivity contribution in [1.29, 1.82) is 0 Å². The quantitative estimate of drug-likeness (QED) is 0.627. The van der Waals surface area contributed by atoms with Gasteiger partial charge in [0.2, 0.25) is 0 Å². The highest BCUT2D eigenvalue weighted by molar-refractivity contribution is 5.81. The molecule has 0 saturated carbocycles. The van der Waals surface area contributed by atoms with Gasteiger partial charge in [0.25, 0.3) is 0 Å². The van der Waals surface area contributed by atoms with Gasteiger partial charge in [0, 0.05) is 17.7 Å². The van der Waals surface area contributed by atoms with E-state index in [9.17, 15) is 4.79 Å². The van der Waals surface area contributed by atoms with Gasteiger partial charge < -0.3 is 14.6 Å². The number of rotatable bonds is 5. The Kier molecular flexibility index (Phi) is 5.86. The molecule has 2 rings (SSSR count). The van der Waals surface area contributed by atoms with Crippen LogP contribution in [0.1, 0.15) is 30.5 Å². The standard InChI is InChI=1S/C21H24O4/c1-13(9-21(22)23)7-6-8-14(2)17-10-18-15(3)16(4)19(24-5)11-20(18)25-12-17/h6-11H,12H2,1-5H3,(H,22,23). The Morgan fingerprint density at radius 2 is 2.00 bits per heavy atom. The van der Waals surface area contributed by atoms with Crippen LogP contribution in [0.5, 0.6) is 11.5 Å². The monoisotopic (exact) mass is 340 g/mol. The molecule has 132 valence electrons. The fraction of sp³-hybridized carbons (Fsp3) is 0.286. The van der Waals surface area contributed by atoms with E-state index in [2.05, 4.69) is 13.0 Å². The molecule has 1 aromatic rings. The van der Waals surface area contributed by atoms with E-state index >= 15 is 0 Å². The van der Waals surface area contributed by atoms with Gasteiger partial charge in [-0.1, -0.05) is 18.2 Å². The third-order valence-electron chi connectivity index (χ3n) is 4.35. The van der Waals surface area contributed by atoms with Gasteiger partial charge in [0.1, 0.15) is 18.1 Å². The molecule has 4 nitrogen and oxygen atoms in total. The molecule has 4 heteroatoms. The molecule has 1 aliphatic heterocycles. The Morgan fingerprint density at radius 1 is 1.28 bits per heavy atom. The number of carbonyl (C=O) groups is 1. The van der Waals surface area contributed by atoms with Gasteiger partial charge in [-0.3, -0.25) is 0 Å². The molecule has 1 aliphatic rings. The van der Waals surface area contributed by atoms with Gasteiger partial charge in [0.15, 0.2) is 0 Å². The summed E-state index contributed by atoms with van der Waals surface area (Å²) in [5, 5.41) is 8.71. The first-order valence-electron chi connectivity index (χ1n) is 8.11. The zero-order valence-corrected chi connectivity index (χ0v) is 15.3. The van der Waals surface area contributed by atoms with Crippen molar-refractivity contribution in [2.24, 2.45) is 0 Å². The summed E-state index contributed by atoms with van der Waals surface area (Å²) in [7, 11) is 1.66. The number of hydrogen-bond donors (Lipinski definition) is 1. The molecule has 0 saturated heterocycles. The van der Waals surface area contributed by atoms with Crippen molar-refractivity contribution in [1.82, 2.24) is 0 Å². The minimum Gasteiger partial charge on any atom is -0.496 e. The molecule has 0 radical (unpaired) electrons. The van der Waals surface area contributed by atoms with Crippen LogP contribution in [0.25, 0.3) is 6.08 Å². The van der Waals surface area contributed by atoms with Crippen LogP contribution in [0.4, 0.5) is 0 Å². The minimum absolute atomic E-state index is 0.499. The fourth-order valence-electron chi connectivity index (χ4n) is 2.68. The van der Waals surface area contributed by atoms with Crippen LogP contribution in [0.3, 0.4) is 0 Å². The Hall–Kier alpha value is -2.75. The first kappa shape index (κ1) is 18.6. The van der Waals surface area contributed by atoms with E-state index in [1.54, 1.807) is 20.1 Å². The van der Waals surface area contributed by atoms with E-state index in [4.69, 9.17) is 14.6 Å². The van der Waals surface area contributed by atoms with Gasteiger partial charge in [-0.15, -0.1) is 0 Å². The maximum Gasteiger partial charge on any atom is 0.328 e. The molecule has 25 heavy (non-hydrogen) atoms. The highest BCUT2D eigenvalue weighted by Gasteiger charge is 2.18. The summed E-state index contributed by atoms with van der Waals surface area (Å²) >= 11 is 0. The molecule has 0 unspecified atom stereocenters. The average molecular weight is 340 g/mol. The lowest BCUT2D eigenvalue weighted by Crippen LogP contribution is -2.10. The molecule has 0 atom stereocenters. The van der Waals surface area contributed by atoms with Gasteiger partial charge in [-0.25, -0.2) is 4.79 Å². The molecule has 0 amide bonds. The number of allylic oxidation sites excluding steroid dienone is 4. The molecule has 0 bridgehead atoms. The lowest BCUT2D eigenvalue weighted by molar-refractivity contribution is -0.131. The SMILES string of the molecule is COc1cc2c(c(C)c1C)C=C(C(C)=CC=CC(C)=CC(=O)O)CO2. The maximum absolute atomic E-state index is 10.6. The van der Waals surface area contributed by atoms with Crippen LogP contribution in [0, 0.1) is 13.8 Å². The van der Waals surface area contributed by atoms with E-state index in [0.717, 1.165) is 39.3 Å². The number of carboxylic acid groups (broad SMARTS) is 1. The largest absolute Gasteiger partial charge is 0.496 e. The molecule has 0 aliphatic carbocycles. The van der Waals surface area contributed by atoms with Crippen molar-refractivity contribution in [3.63, 3.8) is 0 Å². The lowest BCUT2D eigenvalue weighted by atomic mass is 9.95. The number of benzene rings is 1. The fourth-order valence-corrected chi connectivity index (χ4v) is 2.68. The summed E-state index contributed by atoms with van der Waals surface area (Å²) in [6.45, 7) is 8.38. The van der Waals surface area contributed by atoms with Crippen molar-refractivity contribution in [2.45, 2.75) is 27.7 Å².